The number of methoxy groups -OCH3 is 2. The van der Waals surface area contributed by atoms with Crippen LogP contribution in [0.25, 0.3) is 6.08 Å². The summed E-state index contributed by atoms with van der Waals surface area (Å²) in [4.78, 5) is 14.0. The molecule has 0 aromatic heterocycles. The highest BCUT2D eigenvalue weighted by Gasteiger charge is 2.26. The molecule has 0 fully saturated rings. The first-order valence-electron chi connectivity index (χ1n) is 9.84. The Hall–Kier alpha value is -2.94. The highest BCUT2D eigenvalue weighted by molar-refractivity contribution is 8.04. The van der Waals surface area contributed by atoms with Crippen LogP contribution in [-0.4, -0.2) is 28.5 Å². The number of thioether (sulfide) groups is 1. The summed E-state index contributed by atoms with van der Waals surface area (Å²) in [6.45, 7) is 0. The van der Waals surface area contributed by atoms with Crippen LogP contribution >= 0.6 is 23.4 Å². The molecule has 0 spiro atoms. The van der Waals surface area contributed by atoms with Crippen molar-refractivity contribution in [2.45, 2.75) is 15.5 Å². The first-order valence-corrected chi connectivity index (χ1v) is 12.7. The summed E-state index contributed by atoms with van der Waals surface area (Å²) in [7, 11) is -0.788. The number of hydrogen-bond acceptors (Lipinski definition) is 6. The molecule has 33 heavy (non-hydrogen) atoms. The Morgan fingerprint density at radius 2 is 1.67 bits per heavy atom. The van der Waals surface area contributed by atoms with Gasteiger partial charge in [-0.2, -0.15) is 0 Å². The molecule has 0 aliphatic carbocycles. The molecule has 0 bridgehead atoms. The number of sulfone groups is 1. The largest absolute Gasteiger partial charge is 0.496 e. The molecule has 3 aromatic carbocycles. The molecule has 0 atom stereocenters. The van der Waals surface area contributed by atoms with E-state index in [-0.39, 0.29) is 16.6 Å². The van der Waals surface area contributed by atoms with Gasteiger partial charge < -0.3 is 14.8 Å². The van der Waals surface area contributed by atoms with Gasteiger partial charge in [0.05, 0.1) is 41.0 Å². The SMILES string of the molecule is COc1cccc(OC)c1CS(=O)(=O)c1ccc2c(c1)NC(=O)C(=Cc1ccc(Cl)cc1)S2. The summed E-state index contributed by atoms with van der Waals surface area (Å²) in [5.74, 6) is 0.249. The predicted molar refractivity (Wildman–Crippen MR) is 131 cm³/mol. The average Bonchev–Trinajstić information content (AvgIpc) is 2.80. The number of benzene rings is 3. The standard InChI is InChI=1S/C24H20ClNO5S2/c1-30-20-4-3-5-21(31-2)18(20)14-33(28,29)17-10-11-22-19(13-17)26-24(27)23(32-22)12-15-6-8-16(25)9-7-15/h3-13H,14H2,1-2H3,(H,26,27). The molecule has 170 valence electrons. The van der Waals surface area contributed by atoms with E-state index in [0.717, 1.165) is 10.5 Å². The third kappa shape index (κ3) is 5.03. The van der Waals surface area contributed by atoms with Gasteiger partial charge in [-0.25, -0.2) is 8.42 Å². The zero-order valence-electron chi connectivity index (χ0n) is 17.8. The second-order valence-electron chi connectivity index (χ2n) is 7.17. The number of amides is 1. The Labute approximate surface area is 201 Å². The maximum Gasteiger partial charge on any atom is 0.262 e. The lowest BCUT2D eigenvalue weighted by atomic mass is 10.2. The molecule has 6 nitrogen and oxygen atoms in total. The van der Waals surface area contributed by atoms with Crippen molar-refractivity contribution in [3.63, 3.8) is 0 Å². The van der Waals surface area contributed by atoms with E-state index < -0.39 is 9.84 Å². The summed E-state index contributed by atoms with van der Waals surface area (Å²) < 4.78 is 37.0. The number of nitrogens with one attached hydrogen (secondary N) is 1. The molecule has 0 radical (unpaired) electrons. The minimum Gasteiger partial charge on any atom is -0.496 e. The minimum absolute atomic E-state index is 0.0974. The summed E-state index contributed by atoms with van der Waals surface area (Å²) in [6.07, 6.45) is 1.76. The summed E-state index contributed by atoms with van der Waals surface area (Å²) in [5.41, 5.74) is 1.73. The minimum atomic E-state index is -3.74. The molecule has 1 N–H and O–H groups in total. The lowest BCUT2D eigenvalue weighted by Gasteiger charge is -2.20. The van der Waals surface area contributed by atoms with Gasteiger partial charge in [-0.05, 0) is 54.1 Å². The van der Waals surface area contributed by atoms with E-state index in [1.165, 1.54) is 32.0 Å². The molecule has 9 heteroatoms. The molecule has 1 amide bonds. The number of carbonyl (C=O) groups is 1. The molecule has 0 saturated heterocycles. The van der Waals surface area contributed by atoms with Crippen LogP contribution in [0.2, 0.25) is 5.02 Å². The quantitative estimate of drug-likeness (QED) is 0.454. The predicted octanol–water partition coefficient (Wildman–Crippen LogP) is 5.42. The van der Waals surface area contributed by atoms with Crippen molar-refractivity contribution in [2.75, 3.05) is 19.5 Å². The van der Waals surface area contributed by atoms with E-state index >= 15 is 0 Å². The number of hydrogen-bond donors (Lipinski definition) is 1. The number of anilines is 1. The van der Waals surface area contributed by atoms with Gasteiger partial charge >= 0.3 is 0 Å². The summed E-state index contributed by atoms with van der Waals surface area (Å²) in [6, 6.07) is 17.0. The number of halogens is 1. The van der Waals surface area contributed by atoms with Crippen LogP contribution in [-0.2, 0) is 20.4 Å². The Morgan fingerprint density at radius 1 is 1.00 bits per heavy atom. The van der Waals surface area contributed by atoms with Crippen LogP contribution in [0, 0.1) is 0 Å². The first kappa shape index (κ1) is 23.2. The zero-order valence-corrected chi connectivity index (χ0v) is 20.2. The normalized spacial score (nSPS) is 14.5. The second-order valence-corrected chi connectivity index (χ2v) is 10.7. The Kier molecular flexibility index (Phi) is 6.69. The maximum atomic E-state index is 13.2. The first-order chi connectivity index (χ1) is 15.8. The topological polar surface area (TPSA) is 81.7 Å². The lowest BCUT2D eigenvalue weighted by molar-refractivity contribution is -0.112. The van der Waals surface area contributed by atoms with E-state index in [1.807, 2.05) is 12.1 Å². The monoisotopic (exact) mass is 501 g/mol. The van der Waals surface area contributed by atoms with Crippen molar-refractivity contribution in [2.24, 2.45) is 0 Å². The number of fused-ring (bicyclic) bond motifs is 1. The van der Waals surface area contributed by atoms with Crippen molar-refractivity contribution in [1.29, 1.82) is 0 Å². The fourth-order valence-electron chi connectivity index (χ4n) is 3.39. The van der Waals surface area contributed by atoms with Crippen LogP contribution < -0.4 is 14.8 Å². The van der Waals surface area contributed by atoms with Gasteiger partial charge in [-0.1, -0.05) is 41.6 Å². The summed E-state index contributed by atoms with van der Waals surface area (Å²) in [5, 5.41) is 3.41. The molecule has 3 aromatic rings. The smallest absolute Gasteiger partial charge is 0.262 e. The van der Waals surface area contributed by atoms with Gasteiger partial charge in [0.25, 0.3) is 5.91 Å². The van der Waals surface area contributed by atoms with E-state index in [2.05, 4.69) is 5.32 Å². The van der Waals surface area contributed by atoms with Gasteiger partial charge in [0.1, 0.15) is 11.5 Å². The fourth-order valence-corrected chi connectivity index (χ4v) is 5.85. The summed E-state index contributed by atoms with van der Waals surface area (Å²) >= 11 is 7.20. The molecular weight excluding hydrogens is 482 g/mol. The van der Waals surface area contributed by atoms with Crippen LogP contribution in [0.15, 0.2) is 75.4 Å². The van der Waals surface area contributed by atoms with Crippen LogP contribution in [0.1, 0.15) is 11.1 Å². The Bertz CT molecular complexity index is 1330. The molecule has 0 saturated carbocycles. The van der Waals surface area contributed by atoms with Gasteiger partial charge in [-0.15, -0.1) is 0 Å². The van der Waals surface area contributed by atoms with E-state index in [0.29, 0.717) is 32.7 Å². The molecule has 1 aliphatic heterocycles. The fraction of sp³-hybridized carbons (Fsp3) is 0.125. The van der Waals surface area contributed by atoms with E-state index in [1.54, 1.807) is 48.5 Å². The van der Waals surface area contributed by atoms with E-state index in [4.69, 9.17) is 21.1 Å². The van der Waals surface area contributed by atoms with Crippen molar-refractivity contribution >= 4 is 50.9 Å². The maximum absolute atomic E-state index is 13.2. The number of ether oxygens (including phenoxy) is 2. The van der Waals surface area contributed by atoms with Crippen molar-refractivity contribution in [3.05, 3.63) is 81.7 Å². The molecule has 1 heterocycles. The van der Waals surface area contributed by atoms with Crippen molar-refractivity contribution in [1.82, 2.24) is 0 Å². The highest BCUT2D eigenvalue weighted by Crippen LogP contribution is 2.41. The Balaban J connectivity index is 1.63. The average molecular weight is 502 g/mol. The number of carbonyl (C=O) groups excluding carboxylic acids is 1. The van der Waals surface area contributed by atoms with Crippen molar-refractivity contribution in [3.8, 4) is 11.5 Å². The Morgan fingerprint density at radius 3 is 2.30 bits per heavy atom. The third-order valence-electron chi connectivity index (χ3n) is 5.03. The highest BCUT2D eigenvalue weighted by atomic mass is 35.5. The zero-order chi connectivity index (χ0) is 23.6. The molecule has 4 rings (SSSR count). The van der Waals surface area contributed by atoms with Gasteiger partial charge in [0.2, 0.25) is 0 Å². The second kappa shape index (κ2) is 9.51. The van der Waals surface area contributed by atoms with Crippen molar-refractivity contribution < 1.29 is 22.7 Å². The molecule has 0 unspecified atom stereocenters. The van der Waals surface area contributed by atoms with Gasteiger partial charge in [0, 0.05) is 9.92 Å². The number of rotatable bonds is 6. The molecule has 1 aliphatic rings. The van der Waals surface area contributed by atoms with E-state index in [9.17, 15) is 13.2 Å². The van der Waals surface area contributed by atoms with Gasteiger partial charge in [0.15, 0.2) is 9.84 Å². The lowest BCUT2D eigenvalue weighted by Crippen LogP contribution is -2.18. The van der Waals surface area contributed by atoms with Gasteiger partial charge in [-0.3, -0.25) is 4.79 Å². The third-order valence-corrected chi connectivity index (χ3v) is 8.03. The van der Waals surface area contributed by atoms with Crippen LogP contribution in [0.5, 0.6) is 11.5 Å². The molecular formula is C24H20ClNO5S2. The van der Waals surface area contributed by atoms with Crippen LogP contribution in [0.3, 0.4) is 0 Å². The van der Waals surface area contributed by atoms with Crippen LogP contribution in [0.4, 0.5) is 5.69 Å².